The number of nitrogens with one attached hydrogen (secondary N) is 1. The third-order valence-electron chi connectivity index (χ3n) is 5.45. The van der Waals surface area contributed by atoms with Gasteiger partial charge in [0.15, 0.2) is 0 Å². The van der Waals surface area contributed by atoms with E-state index in [9.17, 15) is 22.8 Å². The van der Waals surface area contributed by atoms with Crippen molar-refractivity contribution in [3.63, 3.8) is 0 Å². The molecule has 27 heavy (non-hydrogen) atoms. The van der Waals surface area contributed by atoms with Crippen LogP contribution < -0.4 is 5.32 Å². The fourth-order valence-electron chi connectivity index (χ4n) is 3.82. The van der Waals surface area contributed by atoms with Crippen molar-refractivity contribution >= 4 is 11.8 Å². The van der Waals surface area contributed by atoms with Crippen LogP contribution in [0.4, 0.5) is 13.2 Å². The zero-order valence-electron chi connectivity index (χ0n) is 15.1. The molecule has 2 fully saturated rings. The lowest BCUT2D eigenvalue weighted by Crippen LogP contribution is -2.51. The number of methoxy groups -OCH3 is 1. The molecule has 0 bridgehead atoms. The van der Waals surface area contributed by atoms with Crippen molar-refractivity contribution in [2.45, 2.75) is 44.4 Å². The van der Waals surface area contributed by atoms with E-state index >= 15 is 0 Å². The van der Waals surface area contributed by atoms with Crippen LogP contribution in [0.2, 0.25) is 0 Å². The molecule has 1 saturated heterocycles. The molecule has 1 aromatic carbocycles. The number of rotatable bonds is 6. The average molecular weight is 384 g/mol. The normalized spacial score (nSPS) is 21.9. The molecule has 1 heterocycles. The minimum absolute atomic E-state index is 0.0557. The molecular weight excluding hydrogens is 361 g/mol. The number of ether oxygens (including phenoxy) is 1. The van der Waals surface area contributed by atoms with Gasteiger partial charge < -0.3 is 15.0 Å². The van der Waals surface area contributed by atoms with Gasteiger partial charge in [0.2, 0.25) is 11.8 Å². The van der Waals surface area contributed by atoms with Gasteiger partial charge in [0.05, 0.1) is 23.6 Å². The Balaban J connectivity index is 1.64. The number of alkyl halides is 3. The Morgan fingerprint density at radius 2 is 2.04 bits per heavy atom. The second-order valence-corrected chi connectivity index (χ2v) is 7.37. The number of carbonyl (C=O) groups is 2. The van der Waals surface area contributed by atoms with E-state index in [1.54, 1.807) is 7.11 Å². The molecule has 1 N–H and O–H groups in total. The maximum absolute atomic E-state index is 13.1. The number of nitrogens with zero attached hydrogens (tertiary/aromatic N) is 1. The molecule has 1 aromatic rings. The summed E-state index contributed by atoms with van der Waals surface area (Å²) in [5.41, 5.74) is -1.22. The number of hydrogen-bond donors (Lipinski definition) is 1. The number of benzene rings is 1. The highest BCUT2D eigenvalue weighted by atomic mass is 19.4. The first-order chi connectivity index (χ1) is 12.7. The first kappa shape index (κ1) is 19.7. The summed E-state index contributed by atoms with van der Waals surface area (Å²) in [6.07, 6.45) is -1.92. The zero-order valence-corrected chi connectivity index (χ0v) is 15.1. The maximum Gasteiger partial charge on any atom is 0.416 e. The quantitative estimate of drug-likeness (QED) is 0.821. The zero-order chi connectivity index (χ0) is 19.7. The van der Waals surface area contributed by atoms with E-state index in [2.05, 4.69) is 5.32 Å². The summed E-state index contributed by atoms with van der Waals surface area (Å²) in [6.45, 7) is 0.423. The molecule has 0 aromatic heterocycles. The van der Waals surface area contributed by atoms with E-state index in [0.717, 1.165) is 25.3 Å². The summed E-state index contributed by atoms with van der Waals surface area (Å²) in [6, 6.07) is 4.85. The van der Waals surface area contributed by atoms with Gasteiger partial charge in [-0.3, -0.25) is 9.59 Å². The topological polar surface area (TPSA) is 58.6 Å². The Kier molecular flexibility index (Phi) is 5.46. The predicted octanol–water partition coefficient (Wildman–Crippen LogP) is 2.74. The van der Waals surface area contributed by atoms with Crippen LogP contribution in [0, 0.1) is 5.41 Å². The van der Waals surface area contributed by atoms with Gasteiger partial charge in [-0.2, -0.15) is 13.2 Å². The van der Waals surface area contributed by atoms with E-state index in [-0.39, 0.29) is 36.9 Å². The van der Waals surface area contributed by atoms with Gasteiger partial charge in [-0.15, -0.1) is 0 Å². The monoisotopic (exact) mass is 384 g/mol. The summed E-state index contributed by atoms with van der Waals surface area (Å²) < 4.78 is 44.6. The summed E-state index contributed by atoms with van der Waals surface area (Å²) in [5, 5.41) is 2.89. The third kappa shape index (κ3) is 4.10. The molecule has 8 heteroatoms. The van der Waals surface area contributed by atoms with Crippen LogP contribution in [0.1, 0.15) is 36.8 Å². The Bertz CT molecular complexity index is 716. The molecule has 1 atom stereocenters. The average Bonchev–Trinajstić information content (AvgIpc) is 2.89. The lowest BCUT2D eigenvalue weighted by atomic mass is 9.68. The minimum atomic E-state index is -4.47. The van der Waals surface area contributed by atoms with E-state index in [1.165, 1.54) is 23.1 Å². The molecule has 0 unspecified atom stereocenters. The second-order valence-electron chi connectivity index (χ2n) is 7.37. The molecular formula is C19H23F3N2O3. The standard InChI is InChI=1S/C19H23F3N2O3/c1-27-12-18(7-4-8-18)17(26)23-14-9-16(25)24(11-14)10-13-5-2-3-6-15(13)19(20,21)22/h2-3,5-6,14H,4,7-12H2,1H3,(H,23,26)/t14-/m0/s1. The van der Waals surface area contributed by atoms with Gasteiger partial charge in [-0.05, 0) is 24.5 Å². The van der Waals surface area contributed by atoms with Gasteiger partial charge in [0.25, 0.3) is 0 Å². The summed E-state index contributed by atoms with van der Waals surface area (Å²) in [5.74, 6) is -0.391. The lowest BCUT2D eigenvalue weighted by Gasteiger charge is -2.40. The van der Waals surface area contributed by atoms with E-state index in [4.69, 9.17) is 4.74 Å². The molecule has 2 amide bonds. The number of halogens is 3. The lowest BCUT2D eigenvalue weighted by molar-refractivity contribution is -0.141. The minimum Gasteiger partial charge on any atom is -0.384 e. The molecule has 148 valence electrons. The largest absolute Gasteiger partial charge is 0.416 e. The summed E-state index contributed by atoms with van der Waals surface area (Å²) in [4.78, 5) is 26.2. The predicted molar refractivity (Wildman–Crippen MR) is 91.6 cm³/mol. The molecule has 5 nitrogen and oxygen atoms in total. The molecule has 1 aliphatic carbocycles. The second kappa shape index (κ2) is 7.50. The van der Waals surface area contributed by atoms with E-state index in [0.29, 0.717) is 6.61 Å². The van der Waals surface area contributed by atoms with Crippen LogP contribution in [0.3, 0.4) is 0 Å². The summed E-state index contributed by atoms with van der Waals surface area (Å²) >= 11 is 0. The van der Waals surface area contributed by atoms with Crippen molar-refractivity contribution < 1.29 is 27.5 Å². The van der Waals surface area contributed by atoms with Crippen LogP contribution in [0.5, 0.6) is 0 Å². The highest BCUT2D eigenvalue weighted by Crippen LogP contribution is 2.41. The molecule has 1 aliphatic heterocycles. The number of carbonyl (C=O) groups excluding carboxylic acids is 2. The highest BCUT2D eigenvalue weighted by Gasteiger charge is 2.45. The Morgan fingerprint density at radius 1 is 1.33 bits per heavy atom. The first-order valence-corrected chi connectivity index (χ1v) is 8.98. The van der Waals surface area contributed by atoms with Crippen LogP contribution >= 0.6 is 0 Å². The van der Waals surface area contributed by atoms with Crippen LogP contribution in [0.25, 0.3) is 0 Å². The van der Waals surface area contributed by atoms with Gasteiger partial charge in [-0.25, -0.2) is 0 Å². The number of likely N-dealkylation sites (tertiary alicyclic amines) is 1. The van der Waals surface area contributed by atoms with Crippen LogP contribution in [0.15, 0.2) is 24.3 Å². The molecule has 0 radical (unpaired) electrons. The Hall–Kier alpha value is -2.09. The molecule has 0 spiro atoms. The fourth-order valence-corrected chi connectivity index (χ4v) is 3.82. The SMILES string of the molecule is COCC1(C(=O)N[C@H]2CC(=O)N(Cc3ccccc3C(F)(F)F)C2)CCC1. The highest BCUT2D eigenvalue weighted by molar-refractivity contribution is 5.86. The smallest absolute Gasteiger partial charge is 0.384 e. The molecule has 3 rings (SSSR count). The molecule has 1 saturated carbocycles. The van der Waals surface area contributed by atoms with Crippen molar-refractivity contribution in [2.75, 3.05) is 20.3 Å². The number of amides is 2. The first-order valence-electron chi connectivity index (χ1n) is 8.98. The summed E-state index contributed by atoms with van der Waals surface area (Å²) in [7, 11) is 1.55. The fraction of sp³-hybridized carbons (Fsp3) is 0.579. The van der Waals surface area contributed by atoms with Crippen molar-refractivity contribution in [3.05, 3.63) is 35.4 Å². The van der Waals surface area contributed by atoms with E-state index in [1.807, 2.05) is 0 Å². The number of hydrogen-bond acceptors (Lipinski definition) is 3. The van der Waals surface area contributed by atoms with Crippen LogP contribution in [-0.4, -0.2) is 43.0 Å². The van der Waals surface area contributed by atoms with Gasteiger partial charge in [-0.1, -0.05) is 24.6 Å². The van der Waals surface area contributed by atoms with Crippen molar-refractivity contribution in [1.29, 1.82) is 0 Å². The third-order valence-corrected chi connectivity index (χ3v) is 5.45. The van der Waals surface area contributed by atoms with Crippen LogP contribution in [-0.2, 0) is 27.0 Å². The van der Waals surface area contributed by atoms with Gasteiger partial charge >= 0.3 is 6.18 Å². The maximum atomic E-state index is 13.1. The van der Waals surface area contributed by atoms with Gasteiger partial charge in [0.1, 0.15) is 0 Å². The van der Waals surface area contributed by atoms with Crippen molar-refractivity contribution in [2.24, 2.45) is 5.41 Å². The van der Waals surface area contributed by atoms with E-state index < -0.39 is 23.2 Å². The van der Waals surface area contributed by atoms with Crippen molar-refractivity contribution in [1.82, 2.24) is 10.2 Å². The Morgan fingerprint density at radius 3 is 2.63 bits per heavy atom. The Labute approximate surface area is 155 Å². The van der Waals surface area contributed by atoms with Crippen molar-refractivity contribution in [3.8, 4) is 0 Å². The molecule has 2 aliphatic rings. The van der Waals surface area contributed by atoms with Gasteiger partial charge in [0, 0.05) is 26.6 Å².